The van der Waals surface area contributed by atoms with Crippen molar-refractivity contribution in [1.82, 2.24) is 0 Å². The molecule has 0 radical (unpaired) electrons. The van der Waals surface area contributed by atoms with Gasteiger partial charge in [0.1, 0.15) is 16.3 Å². The van der Waals surface area contributed by atoms with Gasteiger partial charge in [-0.15, -0.1) is 0 Å². The van der Waals surface area contributed by atoms with Crippen LogP contribution in [-0.2, 0) is 16.0 Å². The Kier molecular flexibility index (Phi) is 5.45. The quantitative estimate of drug-likeness (QED) is 0.454. The predicted octanol–water partition coefficient (Wildman–Crippen LogP) is 4.33. The highest BCUT2D eigenvalue weighted by Crippen LogP contribution is 2.38. The summed E-state index contributed by atoms with van der Waals surface area (Å²) in [6.07, 6.45) is -4.07. The van der Waals surface area contributed by atoms with Gasteiger partial charge in [0.2, 0.25) is 0 Å². The van der Waals surface area contributed by atoms with Crippen molar-refractivity contribution in [3.05, 3.63) is 63.5 Å². The van der Waals surface area contributed by atoms with Gasteiger partial charge in [0, 0.05) is 24.1 Å². The van der Waals surface area contributed by atoms with Crippen molar-refractivity contribution < 1.29 is 30.9 Å². The van der Waals surface area contributed by atoms with E-state index in [9.17, 15) is 36.1 Å². The fraction of sp³-hybridized carbons (Fsp3) is 0.250. The molecule has 0 aliphatic carbocycles. The molecule has 0 aliphatic rings. The molecule has 1 unspecified atom stereocenters. The predicted molar refractivity (Wildman–Crippen MR) is 89.6 cm³/mol. The minimum absolute atomic E-state index is 0.0620. The molecular weight excluding hydrogens is 392 g/mol. The normalized spacial score (nSPS) is 13.3. The number of sulfone groups is 1. The summed E-state index contributed by atoms with van der Waals surface area (Å²) in [7, 11) is -3.75. The first-order valence-electron chi connectivity index (χ1n) is 7.42. The molecule has 27 heavy (non-hydrogen) atoms. The molecule has 2 aromatic rings. The highest BCUT2D eigenvalue weighted by molar-refractivity contribution is 7.90. The van der Waals surface area contributed by atoms with Gasteiger partial charge < -0.3 is 5.32 Å². The molecule has 0 amide bonds. The fourth-order valence-electron chi connectivity index (χ4n) is 2.43. The van der Waals surface area contributed by atoms with E-state index in [0.29, 0.717) is 6.07 Å². The number of nitrogens with one attached hydrogen (secondary N) is 1. The van der Waals surface area contributed by atoms with Crippen molar-refractivity contribution in [3.63, 3.8) is 0 Å². The van der Waals surface area contributed by atoms with Crippen molar-refractivity contribution >= 4 is 21.2 Å². The Labute approximate surface area is 151 Å². The minimum atomic E-state index is -4.92. The first-order valence-corrected chi connectivity index (χ1v) is 9.31. The molecular formula is C16H14F4N2O4S. The number of nitro benzene ring substituents is 1. The van der Waals surface area contributed by atoms with Gasteiger partial charge in [0.15, 0.2) is 9.84 Å². The summed E-state index contributed by atoms with van der Waals surface area (Å²) in [5.74, 6) is -0.983. The van der Waals surface area contributed by atoms with Crippen molar-refractivity contribution in [2.75, 3.05) is 11.6 Å². The molecule has 0 spiro atoms. The van der Waals surface area contributed by atoms with Gasteiger partial charge in [-0.2, -0.15) is 13.2 Å². The van der Waals surface area contributed by atoms with E-state index in [4.69, 9.17) is 0 Å². The Hall–Kier alpha value is -2.69. The number of rotatable bonds is 5. The largest absolute Gasteiger partial charge is 0.423 e. The van der Waals surface area contributed by atoms with Gasteiger partial charge in [-0.05, 0) is 36.8 Å². The molecule has 11 heteroatoms. The zero-order chi connectivity index (χ0) is 20.6. The molecule has 1 N–H and O–H groups in total. The number of nitrogens with zero attached hydrogens (tertiary/aromatic N) is 1. The summed E-state index contributed by atoms with van der Waals surface area (Å²) in [4.78, 5) is 9.15. The lowest BCUT2D eigenvalue weighted by atomic mass is 10.1. The lowest BCUT2D eigenvalue weighted by Crippen LogP contribution is -2.12. The Morgan fingerprint density at radius 3 is 2.26 bits per heavy atom. The first-order chi connectivity index (χ1) is 12.3. The number of nitro groups is 1. The van der Waals surface area contributed by atoms with E-state index in [2.05, 4.69) is 5.32 Å². The summed E-state index contributed by atoms with van der Waals surface area (Å²) in [6.45, 7) is 1.52. The third-order valence-electron chi connectivity index (χ3n) is 3.74. The van der Waals surface area contributed by atoms with Gasteiger partial charge in [-0.3, -0.25) is 10.1 Å². The summed E-state index contributed by atoms with van der Waals surface area (Å²) in [5.41, 5.74) is -2.27. The van der Waals surface area contributed by atoms with Crippen LogP contribution in [0.2, 0.25) is 0 Å². The van der Waals surface area contributed by atoms with Gasteiger partial charge >= 0.3 is 6.18 Å². The first kappa shape index (κ1) is 20.6. The van der Waals surface area contributed by atoms with Crippen molar-refractivity contribution in [1.29, 1.82) is 0 Å². The van der Waals surface area contributed by atoms with Gasteiger partial charge in [0.05, 0.1) is 4.92 Å². The van der Waals surface area contributed by atoms with E-state index >= 15 is 0 Å². The number of halogens is 4. The standard InChI is InChI=1S/C16H14F4N2O4S/c1-9(10-3-6-15(13(17)7-10)27(2,25)26)21-11-4-5-14(22(23)24)12(8-11)16(18,19)20/h3-9,21H,1-2H3. The summed E-state index contributed by atoms with van der Waals surface area (Å²) < 4.78 is 75.9. The second-order valence-corrected chi connectivity index (χ2v) is 7.80. The lowest BCUT2D eigenvalue weighted by molar-refractivity contribution is -0.388. The lowest BCUT2D eigenvalue weighted by Gasteiger charge is -2.17. The minimum Gasteiger partial charge on any atom is -0.379 e. The second-order valence-electron chi connectivity index (χ2n) is 5.81. The SMILES string of the molecule is CC(Nc1ccc([N+](=O)[O-])c(C(F)(F)F)c1)c1ccc(S(C)(=O)=O)c(F)c1. The summed E-state index contributed by atoms with van der Waals surface area (Å²) >= 11 is 0. The van der Waals surface area contributed by atoms with Crippen LogP contribution in [0.5, 0.6) is 0 Å². The van der Waals surface area contributed by atoms with Crippen molar-refractivity contribution in [2.24, 2.45) is 0 Å². The number of alkyl halides is 3. The van der Waals surface area contributed by atoms with E-state index in [1.807, 2.05) is 0 Å². The number of anilines is 1. The molecule has 0 heterocycles. The van der Waals surface area contributed by atoms with E-state index in [-0.39, 0.29) is 11.3 Å². The van der Waals surface area contributed by atoms with Crippen LogP contribution in [-0.4, -0.2) is 19.6 Å². The van der Waals surface area contributed by atoms with Crippen molar-refractivity contribution in [3.8, 4) is 0 Å². The zero-order valence-electron chi connectivity index (χ0n) is 14.0. The molecule has 0 aliphatic heterocycles. The van der Waals surface area contributed by atoms with Crippen LogP contribution in [0.1, 0.15) is 24.1 Å². The Bertz CT molecular complexity index is 990. The molecule has 1 atom stereocenters. The number of benzene rings is 2. The summed E-state index contributed by atoms with van der Waals surface area (Å²) in [5, 5.41) is 13.5. The van der Waals surface area contributed by atoms with Crippen LogP contribution in [0.3, 0.4) is 0 Å². The molecule has 146 valence electrons. The Morgan fingerprint density at radius 2 is 1.78 bits per heavy atom. The Morgan fingerprint density at radius 1 is 1.15 bits per heavy atom. The second kappa shape index (κ2) is 7.14. The maximum Gasteiger partial charge on any atom is 0.423 e. The van der Waals surface area contributed by atoms with Crippen LogP contribution in [0.4, 0.5) is 28.9 Å². The highest BCUT2D eigenvalue weighted by Gasteiger charge is 2.38. The smallest absolute Gasteiger partial charge is 0.379 e. The van der Waals surface area contributed by atoms with E-state index in [1.54, 1.807) is 0 Å². The maximum absolute atomic E-state index is 14.0. The van der Waals surface area contributed by atoms with Gasteiger partial charge in [-0.1, -0.05) is 6.07 Å². The molecule has 0 bridgehead atoms. The van der Waals surface area contributed by atoms with E-state index < -0.39 is 48.9 Å². The highest BCUT2D eigenvalue weighted by atomic mass is 32.2. The topological polar surface area (TPSA) is 89.3 Å². The zero-order valence-corrected chi connectivity index (χ0v) is 14.9. The van der Waals surface area contributed by atoms with Gasteiger partial charge in [0.25, 0.3) is 5.69 Å². The number of hydrogen-bond acceptors (Lipinski definition) is 5. The van der Waals surface area contributed by atoms with Crippen molar-refractivity contribution in [2.45, 2.75) is 24.0 Å². The average molecular weight is 406 g/mol. The maximum atomic E-state index is 14.0. The van der Waals surface area contributed by atoms with Crippen LogP contribution in [0.25, 0.3) is 0 Å². The van der Waals surface area contributed by atoms with Crippen LogP contribution >= 0.6 is 0 Å². The molecule has 0 saturated heterocycles. The number of hydrogen-bond donors (Lipinski definition) is 1. The van der Waals surface area contributed by atoms with Gasteiger partial charge in [-0.25, -0.2) is 12.8 Å². The summed E-state index contributed by atoms with van der Waals surface area (Å²) in [6, 6.07) is 5.08. The van der Waals surface area contributed by atoms with Crippen LogP contribution in [0.15, 0.2) is 41.3 Å². The van der Waals surface area contributed by atoms with Crippen LogP contribution < -0.4 is 5.32 Å². The molecule has 0 saturated carbocycles. The monoisotopic (exact) mass is 406 g/mol. The van der Waals surface area contributed by atoms with E-state index in [1.165, 1.54) is 13.0 Å². The molecule has 2 rings (SSSR count). The third-order valence-corrected chi connectivity index (χ3v) is 4.87. The molecule has 2 aromatic carbocycles. The van der Waals surface area contributed by atoms with Crippen LogP contribution in [0, 0.1) is 15.9 Å². The Balaban J connectivity index is 2.34. The third kappa shape index (κ3) is 4.73. The molecule has 6 nitrogen and oxygen atoms in total. The molecule has 0 fully saturated rings. The molecule has 0 aromatic heterocycles. The van der Waals surface area contributed by atoms with E-state index in [0.717, 1.165) is 30.5 Å². The average Bonchev–Trinajstić information content (AvgIpc) is 2.52. The fourth-order valence-corrected chi connectivity index (χ4v) is 3.16.